The molecular weight excluding hydrogens is 271 g/mol. The molecule has 108 valence electrons. The molecule has 0 aromatic carbocycles. The van der Waals surface area contributed by atoms with E-state index in [1.54, 1.807) is 6.92 Å². The highest BCUT2D eigenvalue weighted by atomic mass is 19.4. The van der Waals surface area contributed by atoms with E-state index in [2.05, 4.69) is 5.32 Å². The first-order chi connectivity index (χ1) is 8.61. The Morgan fingerprint density at radius 3 is 2.00 bits per heavy atom. The zero-order valence-electron chi connectivity index (χ0n) is 9.87. The van der Waals surface area contributed by atoms with Gasteiger partial charge in [0.25, 0.3) is 5.78 Å². The quantitative estimate of drug-likeness (QED) is 0.365. The molecule has 0 aliphatic rings. The van der Waals surface area contributed by atoms with Crippen LogP contribution in [0.25, 0.3) is 0 Å². The summed E-state index contributed by atoms with van der Waals surface area (Å²) < 4.78 is 36.8. The molecule has 0 fully saturated rings. The smallest absolute Gasteiger partial charge is 0.455 e. The van der Waals surface area contributed by atoms with Crippen molar-refractivity contribution in [3.05, 3.63) is 11.3 Å². The molecule has 0 aliphatic heterocycles. The number of alkyl halides is 3. The zero-order chi connectivity index (χ0) is 15.2. The first-order valence-electron chi connectivity index (χ1n) is 5.14. The fourth-order valence-electron chi connectivity index (χ4n) is 1.17. The lowest BCUT2D eigenvalue weighted by Gasteiger charge is -2.13. The summed E-state index contributed by atoms with van der Waals surface area (Å²) in [6, 6.07) is 0. The van der Waals surface area contributed by atoms with Crippen LogP contribution in [0.5, 0.6) is 0 Å². The van der Waals surface area contributed by atoms with Crippen LogP contribution >= 0.6 is 0 Å². The van der Waals surface area contributed by atoms with Gasteiger partial charge in [0.1, 0.15) is 5.57 Å². The van der Waals surface area contributed by atoms with Crippen molar-refractivity contribution in [1.29, 1.82) is 0 Å². The molecule has 0 spiro atoms. The normalized spacial score (nSPS) is 12.6. The van der Waals surface area contributed by atoms with Gasteiger partial charge in [0.15, 0.2) is 0 Å². The minimum atomic E-state index is -5.38. The minimum Gasteiger partial charge on any atom is -0.481 e. The topological polar surface area (TPSA) is 104 Å². The lowest BCUT2D eigenvalue weighted by atomic mass is 10.1. The summed E-state index contributed by atoms with van der Waals surface area (Å²) in [5.41, 5.74) is -2.35. The molecule has 0 atom stereocenters. The number of carboxylic acid groups (broad SMARTS) is 2. The molecule has 19 heavy (non-hydrogen) atoms. The Hall–Kier alpha value is -2.06. The Morgan fingerprint density at radius 1 is 1.16 bits per heavy atom. The number of Topliss-reactive ketones (excluding diaryl/α,β-unsaturated/α-hetero) is 1. The number of ketones is 1. The first kappa shape index (κ1) is 16.9. The largest absolute Gasteiger partial charge is 0.481 e. The molecule has 0 aromatic heterocycles. The first-order valence-corrected chi connectivity index (χ1v) is 5.14. The summed E-state index contributed by atoms with van der Waals surface area (Å²) in [7, 11) is 0. The highest BCUT2D eigenvalue weighted by molar-refractivity contribution is 6.19. The maximum absolute atomic E-state index is 12.3. The Balaban J connectivity index is 5.66. The van der Waals surface area contributed by atoms with Gasteiger partial charge in [-0.15, -0.1) is 0 Å². The third-order valence-corrected chi connectivity index (χ3v) is 1.92. The van der Waals surface area contributed by atoms with Crippen molar-refractivity contribution >= 4 is 17.7 Å². The number of hydrogen-bond acceptors (Lipinski definition) is 4. The highest BCUT2D eigenvalue weighted by Gasteiger charge is 2.44. The molecule has 9 heteroatoms. The van der Waals surface area contributed by atoms with Crippen LogP contribution in [0.4, 0.5) is 13.2 Å². The summed E-state index contributed by atoms with van der Waals surface area (Å²) in [6.45, 7) is 1.68. The summed E-state index contributed by atoms with van der Waals surface area (Å²) >= 11 is 0. The van der Waals surface area contributed by atoms with Crippen LogP contribution in [-0.2, 0) is 14.4 Å². The molecule has 0 radical (unpaired) electrons. The van der Waals surface area contributed by atoms with Crippen LogP contribution in [-0.4, -0.2) is 40.7 Å². The van der Waals surface area contributed by atoms with E-state index in [1.807, 2.05) is 0 Å². The van der Waals surface area contributed by atoms with E-state index in [0.29, 0.717) is 6.42 Å². The standard InChI is InChI=1S/C10H12F3NO5/c1-2-3-14-5(4-6(15)16)7(9(18)19)8(17)10(11,12)13/h14H,2-4H2,1H3,(H,15,16)(H,18,19). The van der Waals surface area contributed by atoms with Crippen LogP contribution < -0.4 is 5.32 Å². The molecule has 0 amide bonds. The van der Waals surface area contributed by atoms with Gasteiger partial charge in [-0.05, 0) is 6.42 Å². The van der Waals surface area contributed by atoms with E-state index in [-0.39, 0.29) is 6.54 Å². The third-order valence-electron chi connectivity index (χ3n) is 1.92. The highest BCUT2D eigenvalue weighted by Crippen LogP contribution is 2.23. The summed E-state index contributed by atoms with van der Waals surface area (Å²) in [5.74, 6) is -6.26. The Bertz CT molecular complexity index is 414. The molecule has 0 saturated heterocycles. The molecule has 3 N–H and O–H groups in total. The van der Waals surface area contributed by atoms with Crippen LogP contribution in [0.3, 0.4) is 0 Å². The summed E-state index contributed by atoms with van der Waals surface area (Å²) in [4.78, 5) is 32.3. The average Bonchev–Trinajstić information content (AvgIpc) is 2.23. The van der Waals surface area contributed by atoms with Crippen molar-refractivity contribution in [3.8, 4) is 0 Å². The second kappa shape index (κ2) is 6.76. The van der Waals surface area contributed by atoms with Crippen LogP contribution in [0.15, 0.2) is 11.3 Å². The van der Waals surface area contributed by atoms with Gasteiger partial charge in [-0.2, -0.15) is 13.2 Å². The van der Waals surface area contributed by atoms with Crippen molar-refractivity contribution in [2.75, 3.05) is 6.54 Å². The molecule has 0 rings (SSSR count). The second-order valence-corrected chi connectivity index (χ2v) is 3.48. The van der Waals surface area contributed by atoms with Gasteiger partial charge in [-0.25, -0.2) is 4.79 Å². The van der Waals surface area contributed by atoms with E-state index >= 15 is 0 Å². The lowest BCUT2D eigenvalue weighted by molar-refractivity contribution is -0.168. The fraction of sp³-hybridized carbons (Fsp3) is 0.500. The van der Waals surface area contributed by atoms with Gasteiger partial charge >= 0.3 is 18.1 Å². The van der Waals surface area contributed by atoms with E-state index in [9.17, 15) is 27.6 Å². The van der Waals surface area contributed by atoms with Crippen LogP contribution in [0.2, 0.25) is 0 Å². The van der Waals surface area contributed by atoms with Gasteiger partial charge in [0.05, 0.1) is 6.42 Å². The average molecular weight is 283 g/mol. The summed E-state index contributed by atoms with van der Waals surface area (Å²) in [5, 5.41) is 19.4. The molecule has 6 nitrogen and oxygen atoms in total. The van der Waals surface area contributed by atoms with E-state index in [0.717, 1.165) is 0 Å². The van der Waals surface area contributed by atoms with Crippen LogP contribution in [0.1, 0.15) is 19.8 Å². The zero-order valence-corrected chi connectivity index (χ0v) is 9.87. The molecule has 0 heterocycles. The predicted molar refractivity (Wildman–Crippen MR) is 56.3 cm³/mol. The van der Waals surface area contributed by atoms with Gasteiger partial charge in [0.2, 0.25) is 0 Å². The Labute approximate surface area is 105 Å². The maximum Gasteiger partial charge on any atom is 0.455 e. The number of aliphatic carboxylic acids is 2. The lowest BCUT2D eigenvalue weighted by Crippen LogP contribution is -2.33. The monoisotopic (exact) mass is 283 g/mol. The number of carbonyl (C=O) groups is 3. The van der Waals surface area contributed by atoms with Crippen molar-refractivity contribution < 1.29 is 37.8 Å². The molecular formula is C10H12F3NO5. The predicted octanol–water partition coefficient (Wildman–Crippen LogP) is 0.931. The van der Waals surface area contributed by atoms with Crippen molar-refractivity contribution in [2.45, 2.75) is 25.9 Å². The minimum absolute atomic E-state index is 0.0462. The van der Waals surface area contributed by atoms with Gasteiger partial charge in [-0.3, -0.25) is 9.59 Å². The van der Waals surface area contributed by atoms with Gasteiger partial charge in [0, 0.05) is 12.2 Å². The fourth-order valence-corrected chi connectivity index (χ4v) is 1.17. The van der Waals surface area contributed by atoms with Crippen molar-refractivity contribution in [3.63, 3.8) is 0 Å². The molecule has 0 saturated carbocycles. The van der Waals surface area contributed by atoms with E-state index < -0.39 is 41.6 Å². The number of hydrogen-bond donors (Lipinski definition) is 3. The Kier molecular flexibility index (Phi) is 6.03. The van der Waals surface area contributed by atoms with E-state index in [1.165, 1.54) is 0 Å². The molecule has 0 bridgehead atoms. The third kappa shape index (κ3) is 5.40. The number of nitrogens with one attached hydrogen (secondary N) is 1. The van der Waals surface area contributed by atoms with Crippen molar-refractivity contribution in [1.82, 2.24) is 5.32 Å². The number of rotatable bonds is 7. The van der Waals surface area contributed by atoms with E-state index in [4.69, 9.17) is 10.2 Å². The molecule has 0 aromatic rings. The van der Waals surface area contributed by atoms with Crippen molar-refractivity contribution in [2.24, 2.45) is 0 Å². The molecule has 0 aliphatic carbocycles. The van der Waals surface area contributed by atoms with Gasteiger partial charge in [-0.1, -0.05) is 6.92 Å². The maximum atomic E-state index is 12.3. The summed E-state index contributed by atoms with van der Waals surface area (Å²) in [6.07, 6.45) is -5.98. The second-order valence-electron chi connectivity index (χ2n) is 3.48. The number of carboxylic acids is 2. The van der Waals surface area contributed by atoms with Gasteiger partial charge < -0.3 is 15.5 Å². The molecule has 0 unspecified atom stereocenters. The number of halogens is 3. The number of carbonyl (C=O) groups excluding carboxylic acids is 1. The Morgan fingerprint density at radius 2 is 1.68 bits per heavy atom. The van der Waals surface area contributed by atoms with Crippen LogP contribution in [0, 0.1) is 0 Å². The SMILES string of the molecule is CCCNC(CC(=O)O)=C(C(=O)O)C(=O)C(F)(F)F.